The predicted molar refractivity (Wildman–Crippen MR) is 113 cm³/mol. The molecule has 0 amide bonds. The molecule has 0 bridgehead atoms. The van der Waals surface area contributed by atoms with Crippen LogP contribution in [0.4, 0.5) is 0 Å². The Morgan fingerprint density at radius 3 is 2.48 bits per heavy atom. The van der Waals surface area contributed by atoms with Gasteiger partial charge in [0.1, 0.15) is 18.1 Å². The fraction of sp³-hybridized carbons (Fsp3) is 0.217. The minimum Gasteiger partial charge on any atom is -0.496 e. The molecule has 0 aliphatic rings. The van der Waals surface area contributed by atoms with E-state index in [0.717, 1.165) is 33.6 Å². The molecule has 0 saturated heterocycles. The Labute approximate surface area is 169 Å². The first-order valence-corrected chi connectivity index (χ1v) is 9.74. The van der Waals surface area contributed by atoms with E-state index in [9.17, 15) is 0 Å². The predicted octanol–water partition coefficient (Wildman–Crippen LogP) is 5.63. The standard InChI is InChI=1S/C23H24BrNO2/c1-17-6-5-7-18(12-17)16-27-23-11-10-21(24)13-20(23)15-25-14-19-8-3-4-9-22(19)26-2/h3-13,25H,14-16H2,1-2H3. The molecular weight excluding hydrogens is 402 g/mol. The first-order valence-electron chi connectivity index (χ1n) is 8.95. The maximum absolute atomic E-state index is 6.10. The van der Waals surface area contributed by atoms with E-state index >= 15 is 0 Å². The van der Waals surface area contributed by atoms with Gasteiger partial charge in [-0.15, -0.1) is 0 Å². The maximum atomic E-state index is 6.10. The minimum absolute atomic E-state index is 0.558. The van der Waals surface area contributed by atoms with E-state index in [2.05, 4.69) is 64.6 Å². The minimum atomic E-state index is 0.558. The maximum Gasteiger partial charge on any atom is 0.124 e. The molecule has 3 aromatic rings. The summed E-state index contributed by atoms with van der Waals surface area (Å²) >= 11 is 3.56. The second-order valence-electron chi connectivity index (χ2n) is 6.45. The number of nitrogens with one attached hydrogen (secondary N) is 1. The van der Waals surface area contributed by atoms with Gasteiger partial charge in [0.2, 0.25) is 0 Å². The van der Waals surface area contributed by atoms with E-state index in [1.165, 1.54) is 11.1 Å². The molecule has 0 spiro atoms. The van der Waals surface area contributed by atoms with Crippen LogP contribution in [0, 0.1) is 6.92 Å². The average molecular weight is 426 g/mol. The van der Waals surface area contributed by atoms with Crippen LogP contribution < -0.4 is 14.8 Å². The zero-order valence-electron chi connectivity index (χ0n) is 15.7. The van der Waals surface area contributed by atoms with Crippen molar-refractivity contribution in [3.8, 4) is 11.5 Å². The highest BCUT2D eigenvalue weighted by atomic mass is 79.9. The van der Waals surface area contributed by atoms with Crippen LogP contribution in [0.5, 0.6) is 11.5 Å². The fourth-order valence-electron chi connectivity index (χ4n) is 2.97. The number of benzene rings is 3. The lowest BCUT2D eigenvalue weighted by Gasteiger charge is -2.14. The smallest absolute Gasteiger partial charge is 0.124 e. The van der Waals surface area contributed by atoms with Crippen molar-refractivity contribution < 1.29 is 9.47 Å². The monoisotopic (exact) mass is 425 g/mol. The average Bonchev–Trinajstić information content (AvgIpc) is 2.68. The van der Waals surface area contributed by atoms with Crippen LogP contribution in [0.25, 0.3) is 0 Å². The molecule has 0 aliphatic heterocycles. The fourth-order valence-corrected chi connectivity index (χ4v) is 3.38. The van der Waals surface area contributed by atoms with Gasteiger partial charge in [-0.25, -0.2) is 0 Å². The van der Waals surface area contributed by atoms with E-state index in [1.54, 1.807) is 7.11 Å². The quantitative estimate of drug-likeness (QED) is 0.506. The van der Waals surface area contributed by atoms with E-state index in [0.29, 0.717) is 13.2 Å². The van der Waals surface area contributed by atoms with E-state index in [4.69, 9.17) is 9.47 Å². The highest BCUT2D eigenvalue weighted by molar-refractivity contribution is 9.10. The van der Waals surface area contributed by atoms with Gasteiger partial charge in [-0.3, -0.25) is 0 Å². The van der Waals surface area contributed by atoms with Gasteiger partial charge in [0.05, 0.1) is 7.11 Å². The summed E-state index contributed by atoms with van der Waals surface area (Å²) in [5, 5.41) is 3.49. The molecule has 27 heavy (non-hydrogen) atoms. The molecule has 4 heteroatoms. The molecule has 0 fully saturated rings. The molecule has 0 radical (unpaired) electrons. The van der Waals surface area contributed by atoms with Gasteiger partial charge in [0.25, 0.3) is 0 Å². The highest BCUT2D eigenvalue weighted by Gasteiger charge is 2.07. The van der Waals surface area contributed by atoms with Crippen LogP contribution >= 0.6 is 15.9 Å². The molecule has 3 nitrogen and oxygen atoms in total. The Bertz CT molecular complexity index is 895. The number of halogens is 1. The Balaban J connectivity index is 1.65. The Hall–Kier alpha value is -2.30. The summed E-state index contributed by atoms with van der Waals surface area (Å²) in [4.78, 5) is 0. The van der Waals surface area contributed by atoms with Crippen molar-refractivity contribution in [2.45, 2.75) is 26.6 Å². The molecule has 140 valence electrons. The van der Waals surface area contributed by atoms with Gasteiger partial charge in [-0.05, 0) is 36.8 Å². The lowest BCUT2D eigenvalue weighted by atomic mass is 10.1. The van der Waals surface area contributed by atoms with Gasteiger partial charge in [-0.1, -0.05) is 64.0 Å². The topological polar surface area (TPSA) is 30.5 Å². The van der Waals surface area contributed by atoms with Crippen LogP contribution in [0.3, 0.4) is 0 Å². The zero-order chi connectivity index (χ0) is 19.1. The number of para-hydroxylation sites is 1. The summed E-state index contributed by atoms with van der Waals surface area (Å²) in [5.74, 6) is 1.79. The Morgan fingerprint density at radius 2 is 1.67 bits per heavy atom. The molecule has 0 unspecified atom stereocenters. The molecule has 3 aromatic carbocycles. The third-order valence-electron chi connectivity index (χ3n) is 4.32. The van der Waals surface area contributed by atoms with Crippen LogP contribution in [-0.4, -0.2) is 7.11 Å². The highest BCUT2D eigenvalue weighted by Crippen LogP contribution is 2.25. The zero-order valence-corrected chi connectivity index (χ0v) is 17.3. The summed E-state index contributed by atoms with van der Waals surface area (Å²) < 4.78 is 12.6. The summed E-state index contributed by atoms with van der Waals surface area (Å²) in [6.45, 7) is 4.09. The third-order valence-corrected chi connectivity index (χ3v) is 4.82. The lowest BCUT2D eigenvalue weighted by molar-refractivity contribution is 0.302. The Kier molecular flexibility index (Phi) is 6.91. The number of hydrogen-bond donors (Lipinski definition) is 1. The number of methoxy groups -OCH3 is 1. The van der Waals surface area contributed by atoms with Gasteiger partial charge >= 0.3 is 0 Å². The lowest BCUT2D eigenvalue weighted by Crippen LogP contribution is -2.14. The van der Waals surface area contributed by atoms with Crippen molar-refractivity contribution in [1.29, 1.82) is 0 Å². The molecule has 0 saturated carbocycles. The van der Waals surface area contributed by atoms with Crippen molar-refractivity contribution in [2.75, 3.05) is 7.11 Å². The van der Waals surface area contributed by atoms with Crippen molar-refractivity contribution in [1.82, 2.24) is 5.32 Å². The largest absolute Gasteiger partial charge is 0.496 e. The first-order chi connectivity index (χ1) is 13.2. The number of rotatable bonds is 8. The van der Waals surface area contributed by atoms with Crippen LogP contribution in [0.1, 0.15) is 22.3 Å². The van der Waals surface area contributed by atoms with Crippen molar-refractivity contribution in [2.24, 2.45) is 0 Å². The van der Waals surface area contributed by atoms with E-state index in [-0.39, 0.29) is 0 Å². The number of ether oxygens (including phenoxy) is 2. The van der Waals surface area contributed by atoms with Gasteiger partial charge < -0.3 is 14.8 Å². The molecule has 0 heterocycles. The number of aryl methyl sites for hydroxylation is 1. The summed E-state index contributed by atoms with van der Waals surface area (Å²) in [5.41, 5.74) is 4.67. The SMILES string of the molecule is COc1ccccc1CNCc1cc(Br)ccc1OCc1cccc(C)c1. The second kappa shape index (κ2) is 9.58. The first kappa shape index (κ1) is 19.5. The van der Waals surface area contributed by atoms with Gasteiger partial charge in [-0.2, -0.15) is 0 Å². The van der Waals surface area contributed by atoms with Crippen LogP contribution in [0.15, 0.2) is 71.2 Å². The van der Waals surface area contributed by atoms with Crippen molar-refractivity contribution in [3.05, 3.63) is 93.5 Å². The summed E-state index contributed by atoms with van der Waals surface area (Å²) in [6, 6.07) is 22.6. The van der Waals surface area contributed by atoms with Crippen LogP contribution in [-0.2, 0) is 19.7 Å². The Morgan fingerprint density at radius 1 is 0.852 bits per heavy atom. The van der Waals surface area contributed by atoms with E-state index in [1.807, 2.05) is 30.3 Å². The van der Waals surface area contributed by atoms with Crippen molar-refractivity contribution in [3.63, 3.8) is 0 Å². The molecule has 0 aliphatic carbocycles. The summed E-state index contributed by atoms with van der Waals surface area (Å²) in [6.07, 6.45) is 0. The molecule has 0 aromatic heterocycles. The molecule has 0 atom stereocenters. The molecular formula is C23H24BrNO2. The summed E-state index contributed by atoms with van der Waals surface area (Å²) in [7, 11) is 1.70. The van der Waals surface area contributed by atoms with Crippen molar-refractivity contribution >= 4 is 15.9 Å². The van der Waals surface area contributed by atoms with Gasteiger partial charge in [0, 0.05) is 28.7 Å². The number of hydrogen-bond acceptors (Lipinski definition) is 3. The third kappa shape index (κ3) is 5.59. The normalized spacial score (nSPS) is 10.6. The van der Waals surface area contributed by atoms with E-state index < -0.39 is 0 Å². The van der Waals surface area contributed by atoms with Crippen LogP contribution in [0.2, 0.25) is 0 Å². The molecule has 1 N–H and O–H groups in total. The second-order valence-corrected chi connectivity index (χ2v) is 7.36. The molecule has 3 rings (SSSR count). The van der Waals surface area contributed by atoms with Gasteiger partial charge in [0.15, 0.2) is 0 Å².